The third-order valence-corrected chi connectivity index (χ3v) is 1.44. The molecule has 0 aromatic carbocycles. The van der Waals surface area contributed by atoms with Crippen molar-refractivity contribution in [2.75, 3.05) is 0 Å². The van der Waals surface area contributed by atoms with Crippen molar-refractivity contribution in [1.82, 2.24) is 0 Å². The van der Waals surface area contributed by atoms with E-state index < -0.39 is 16.8 Å². The standard InChI is InChI=1S/C4H8O3S2/c1-2(5)7-4(9)3(6)8/h3-4,6,8-9H,1H3. The van der Waals surface area contributed by atoms with Gasteiger partial charge in [-0.25, -0.2) is 0 Å². The van der Waals surface area contributed by atoms with E-state index in [9.17, 15) is 4.79 Å². The Hall–Kier alpha value is 0.130. The summed E-state index contributed by atoms with van der Waals surface area (Å²) in [5, 5.41) is 8.58. The molecule has 0 spiro atoms. The van der Waals surface area contributed by atoms with E-state index in [1.165, 1.54) is 6.92 Å². The molecule has 0 radical (unpaired) electrons. The summed E-state index contributed by atoms with van der Waals surface area (Å²) < 4.78 is 4.41. The fraction of sp³-hybridized carbons (Fsp3) is 0.750. The molecule has 5 heteroatoms. The number of hydrogen-bond acceptors (Lipinski definition) is 5. The first-order chi connectivity index (χ1) is 4.04. The maximum atomic E-state index is 10.1. The Balaban J connectivity index is 3.50. The summed E-state index contributed by atoms with van der Waals surface area (Å²) in [6, 6.07) is 0. The minimum Gasteiger partial charge on any atom is -0.448 e. The van der Waals surface area contributed by atoms with Gasteiger partial charge in [-0.2, -0.15) is 0 Å². The number of aliphatic hydroxyl groups is 1. The van der Waals surface area contributed by atoms with Crippen molar-refractivity contribution in [1.29, 1.82) is 0 Å². The van der Waals surface area contributed by atoms with Crippen LogP contribution in [0.5, 0.6) is 0 Å². The monoisotopic (exact) mass is 168 g/mol. The van der Waals surface area contributed by atoms with Gasteiger partial charge in [0.05, 0.1) is 0 Å². The second-order valence-electron chi connectivity index (χ2n) is 1.41. The van der Waals surface area contributed by atoms with Crippen molar-refractivity contribution in [2.45, 2.75) is 17.8 Å². The molecular weight excluding hydrogens is 160 g/mol. The van der Waals surface area contributed by atoms with Crippen LogP contribution in [0.3, 0.4) is 0 Å². The molecule has 0 amide bonds. The van der Waals surface area contributed by atoms with E-state index >= 15 is 0 Å². The van der Waals surface area contributed by atoms with Gasteiger partial charge in [0, 0.05) is 6.92 Å². The lowest BCUT2D eigenvalue weighted by atomic mass is 10.7. The number of hydrogen-bond donors (Lipinski definition) is 3. The number of aliphatic hydroxyl groups excluding tert-OH is 1. The Morgan fingerprint density at radius 3 is 2.22 bits per heavy atom. The van der Waals surface area contributed by atoms with Gasteiger partial charge in [0.25, 0.3) is 0 Å². The molecule has 0 aliphatic rings. The Morgan fingerprint density at radius 1 is 1.67 bits per heavy atom. The summed E-state index contributed by atoms with van der Waals surface area (Å²) in [4.78, 5) is 10.1. The van der Waals surface area contributed by atoms with E-state index in [-0.39, 0.29) is 0 Å². The van der Waals surface area contributed by atoms with Crippen molar-refractivity contribution in [3.63, 3.8) is 0 Å². The molecule has 0 bridgehead atoms. The molecular formula is C4H8O3S2. The topological polar surface area (TPSA) is 46.5 Å². The van der Waals surface area contributed by atoms with Crippen molar-refractivity contribution < 1.29 is 14.6 Å². The lowest BCUT2D eigenvalue weighted by molar-refractivity contribution is -0.144. The smallest absolute Gasteiger partial charge is 0.303 e. The van der Waals surface area contributed by atoms with Crippen molar-refractivity contribution in [2.24, 2.45) is 0 Å². The van der Waals surface area contributed by atoms with Crippen molar-refractivity contribution >= 4 is 31.2 Å². The van der Waals surface area contributed by atoms with E-state index in [1.807, 2.05) is 0 Å². The van der Waals surface area contributed by atoms with Crippen LogP contribution in [0.25, 0.3) is 0 Å². The van der Waals surface area contributed by atoms with E-state index in [4.69, 9.17) is 5.11 Å². The lowest BCUT2D eigenvalue weighted by Crippen LogP contribution is -2.20. The molecule has 1 N–H and O–H groups in total. The zero-order valence-corrected chi connectivity index (χ0v) is 6.60. The average Bonchev–Trinajstić information content (AvgIpc) is 1.63. The molecule has 0 saturated carbocycles. The van der Waals surface area contributed by atoms with Crippen LogP contribution in [0.2, 0.25) is 0 Å². The van der Waals surface area contributed by atoms with E-state index in [1.54, 1.807) is 0 Å². The van der Waals surface area contributed by atoms with E-state index in [0.29, 0.717) is 0 Å². The van der Waals surface area contributed by atoms with Crippen LogP contribution in [0, 0.1) is 0 Å². The summed E-state index contributed by atoms with van der Waals surface area (Å²) >= 11 is 7.26. The third kappa shape index (κ3) is 4.62. The first kappa shape index (κ1) is 9.13. The predicted octanol–water partition coefficient (Wildman–Crippen LogP) is 0.0536. The van der Waals surface area contributed by atoms with Crippen LogP contribution in [0.15, 0.2) is 0 Å². The summed E-state index contributed by atoms with van der Waals surface area (Å²) in [6.07, 6.45) is 0. The molecule has 9 heavy (non-hydrogen) atoms. The lowest BCUT2D eigenvalue weighted by Gasteiger charge is -2.11. The second kappa shape index (κ2) is 4.03. The SMILES string of the molecule is CC(=O)OC(S)C(O)S. The molecule has 0 fully saturated rings. The van der Waals surface area contributed by atoms with Crippen LogP contribution >= 0.6 is 25.3 Å². The Bertz CT molecular complexity index is 104. The second-order valence-corrected chi connectivity index (χ2v) is 2.45. The molecule has 0 heterocycles. The molecule has 0 aromatic rings. The predicted molar refractivity (Wildman–Crippen MR) is 39.5 cm³/mol. The highest BCUT2D eigenvalue weighted by atomic mass is 32.1. The zero-order chi connectivity index (χ0) is 7.44. The molecule has 2 unspecified atom stereocenters. The molecule has 0 aliphatic heterocycles. The van der Waals surface area contributed by atoms with Crippen LogP contribution in [0.1, 0.15) is 6.92 Å². The molecule has 3 nitrogen and oxygen atoms in total. The quantitative estimate of drug-likeness (QED) is 0.310. The zero-order valence-electron chi connectivity index (χ0n) is 4.81. The van der Waals surface area contributed by atoms with E-state index in [0.717, 1.165) is 0 Å². The van der Waals surface area contributed by atoms with Gasteiger partial charge in [0.1, 0.15) is 5.44 Å². The van der Waals surface area contributed by atoms with Crippen LogP contribution in [-0.4, -0.2) is 21.9 Å². The summed E-state index contributed by atoms with van der Waals surface area (Å²) in [6.45, 7) is 1.24. The Kier molecular flexibility index (Phi) is 4.09. The van der Waals surface area contributed by atoms with Gasteiger partial charge >= 0.3 is 5.97 Å². The Morgan fingerprint density at radius 2 is 2.11 bits per heavy atom. The first-order valence-electron chi connectivity index (χ1n) is 2.25. The third-order valence-electron chi connectivity index (χ3n) is 0.542. The van der Waals surface area contributed by atoms with Gasteiger partial charge in [-0.15, -0.1) is 25.3 Å². The molecule has 54 valence electrons. The average molecular weight is 168 g/mol. The maximum absolute atomic E-state index is 10.1. The number of carbonyl (C=O) groups is 1. The normalized spacial score (nSPS) is 16.4. The van der Waals surface area contributed by atoms with Crippen molar-refractivity contribution in [3.8, 4) is 0 Å². The molecule has 0 aromatic heterocycles. The highest BCUT2D eigenvalue weighted by Crippen LogP contribution is 2.06. The highest BCUT2D eigenvalue weighted by Gasteiger charge is 2.12. The number of thiol groups is 2. The minimum absolute atomic E-state index is 0.483. The maximum Gasteiger partial charge on any atom is 0.303 e. The Labute approximate surface area is 64.2 Å². The van der Waals surface area contributed by atoms with Crippen molar-refractivity contribution in [3.05, 3.63) is 0 Å². The van der Waals surface area contributed by atoms with E-state index in [2.05, 4.69) is 30.0 Å². The fourth-order valence-corrected chi connectivity index (χ4v) is 0.440. The first-order valence-corrected chi connectivity index (χ1v) is 3.28. The van der Waals surface area contributed by atoms with Crippen LogP contribution < -0.4 is 0 Å². The number of ether oxygens (including phenoxy) is 1. The van der Waals surface area contributed by atoms with Crippen LogP contribution in [0.4, 0.5) is 0 Å². The van der Waals surface area contributed by atoms with Gasteiger partial charge in [0.15, 0.2) is 5.44 Å². The van der Waals surface area contributed by atoms with Gasteiger partial charge in [0.2, 0.25) is 0 Å². The highest BCUT2D eigenvalue weighted by molar-refractivity contribution is 7.84. The molecule has 0 aliphatic carbocycles. The number of rotatable bonds is 2. The summed E-state index contributed by atoms with van der Waals surface area (Å²) in [5.41, 5.74) is -1.87. The van der Waals surface area contributed by atoms with Gasteiger partial charge in [-0.3, -0.25) is 4.79 Å². The largest absolute Gasteiger partial charge is 0.448 e. The molecule has 0 rings (SSSR count). The fourth-order valence-electron chi connectivity index (χ4n) is 0.231. The number of carbonyl (C=O) groups excluding carboxylic acids is 1. The summed E-state index contributed by atoms with van der Waals surface area (Å²) in [5.74, 6) is -0.483. The minimum atomic E-state index is -1.03. The summed E-state index contributed by atoms with van der Waals surface area (Å²) in [7, 11) is 0. The molecule has 0 saturated heterocycles. The van der Waals surface area contributed by atoms with Gasteiger partial charge in [-0.05, 0) is 0 Å². The van der Waals surface area contributed by atoms with Crippen LogP contribution in [-0.2, 0) is 9.53 Å². The number of esters is 1. The van der Waals surface area contributed by atoms with Gasteiger partial charge in [-0.1, -0.05) is 0 Å². The molecule has 2 atom stereocenters. The van der Waals surface area contributed by atoms with Gasteiger partial charge < -0.3 is 9.84 Å².